The van der Waals surface area contributed by atoms with Crippen LogP contribution < -0.4 is 10.1 Å². The number of benzene rings is 1. The fraction of sp³-hybridized carbons (Fsp3) is 0.538. The van der Waals surface area contributed by atoms with Gasteiger partial charge in [-0.15, -0.1) is 13.2 Å². The van der Waals surface area contributed by atoms with Gasteiger partial charge in [-0.2, -0.15) is 0 Å². The number of halogens is 3. The van der Waals surface area contributed by atoms with Crippen LogP contribution in [0.4, 0.5) is 13.2 Å². The maximum Gasteiger partial charge on any atom is 0.573 e. The molecule has 1 aromatic carbocycles. The molecule has 2 rings (SSSR count). The highest BCUT2D eigenvalue weighted by molar-refractivity contribution is 7.91. The summed E-state index contributed by atoms with van der Waals surface area (Å²) in [5, 5.41) is 3.04. The number of ether oxygens (including phenoxy) is 1. The van der Waals surface area contributed by atoms with Gasteiger partial charge in [-0.3, -0.25) is 0 Å². The molecule has 21 heavy (non-hydrogen) atoms. The van der Waals surface area contributed by atoms with Crippen molar-refractivity contribution in [2.75, 3.05) is 18.6 Å². The van der Waals surface area contributed by atoms with Gasteiger partial charge in [0.05, 0.1) is 11.5 Å². The zero-order chi connectivity index (χ0) is 15.7. The summed E-state index contributed by atoms with van der Waals surface area (Å²) >= 11 is 0. The summed E-state index contributed by atoms with van der Waals surface area (Å²) in [6.45, 7) is 0. The van der Waals surface area contributed by atoms with Crippen molar-refractivity contribution in [3.8, 4) is 5.75 Å². The van der Waals surface area contributed by atoms with Crippen molar-refractivity contribution < 1.29 is 26.3 Å². The van der Waals surface area contributed by atoms with Gasteiger partial charge in [0, 0.05) is 6.04 Å². The van der Waals surface area contributed by atoms with Crippen LogP contribution in [0.5, 0.6) is 5.75 Å². The number of sulfone groups is 1. The summed E-state index contributed by atoms with van der Waals surface area (Å²) in [7, 11) is -1.30. The maximum atomic E-state index is 12.1. The number of hydrogen-bond acceptors (Lipinski definition) is 4. The van der Waals surface area contributed by atoms with Crippen LogP contribution in [0.3, 0.4) is 0 Å². The van der Waals surface area contributed by atoms with E-state index in [1.807, 2.05) is 0 Å². The molecule has 0 aliphatic carbocycles. The van der Waals surface area contributed by atoms with E-state index in [9.17, 15) is 21.6 Å². The first-order chi connectivity index (χ1) is 9.70. The molecule has 1 aromatic rings. The van der Waals surface area contributed by atoms with Crippen LogP contribution in [0.15, 0.2) is 24.3 Å². The molecule has 0 saturated carbocycles. The molecule has 1 heterocycles. The second kappa shape index (κ2) is 5.84. The number of hydrogen-bond donors (Lipinski definition) is 1. The van der Waals surface area contributed by atoms with E-state index in [2.05, 4.69) is 10.1 Å². The number of alkyl halides is 3. The molecular weight excluding hydrogens is 307 g/mol. The Labute approximate surface area is 121 Å². The molecule has 1 aliphatic heterocycles. The minimum Gasteiger partial charge on any atom is -0.406 e. The molecule has 1 fully saturated rings. The van der Waals surface area contributed by atoms with E-state index in [4.69, 9.17) is 0 Å². The van der Waals surface area contributed by atoms with Crippen LogP contribution in [0.25, 0.3) is 0 Å². The summed E-state index contributed by atoms with van der Waals surface area (Å²) in [6, 6.07) is 5.30. The van der Waals surface area contributed by atoms with E-state index in [0.29, 0.717) is 6.42 Å². The van der Waals surface area contributed by atoms with Crippen LogP contribution >= 0.6 is 0 Å². The van der Waals surface area contributed by atoms with Gasteiger partial charge in [-0.05, 0) is 37.1 Å². The van der Waals surface area contributed by atoms with Crippen LogP contribution in [0.1, 0.15) is 18.0 Å². The molecule has 1 aliphatic rings. The minimum absolute atomic E-state index is 0.0746. The fourth-order valence-corrected chi connectivity index (χ4v) is 4.48. The Balaban J connectivity index is 2.12. The quantitative estimate of drug-likeness (QED) is 0.924. The van der Waals surface area contributed by atoms with E-state index >= 15 is 0 Å². The van der Waals surface area contributed by atoms with Crippen LogP contribution in [0.2, 0.25) is 0 Å². The SMILES string of the molecule is CNC(c1ccc(OC(F)(F)F)cc1)C1CCS(=O)(=O)C1. The number of rotatable bonds is 4. The highest BCUT2D eigenvalue weighted by atomic mass is 32.2. The molecule has 0 radical (unpaired) electrons. The van der Waals surface area contributed by atoms with Crippen molar-refractivity contribution >= 4 is 9.84 Å². The summed E-state index contributed by atoms with van der Waals surface area (Å²) in [5.41, 5.74) is 0.745. The lowest BCUT2D eigenvalue weighted by Gasteiger charge is -2.22. The molecule has 118 valence electrons. The predicted octanol–water partition coefficient (Wildman–Crippen LogP) is 2.28. The summed E-state index contributed by atoms with van der Waals surface area (Å²) in [6.07, 6.45) is -4.17. The second-order valence-electron chi connectivity index (χ2n) is 5.05. The minimum atomic E-state index is -4.72. The van der Waals surface area contributed by atoms with Gasteiger partial charge < -0.3 is 10.1 Å². The summed E-state index contributed by atoms with van der Waals surface area (Å²) in [4.78, 5) is 0. The third kappa shape index (κ3) is 4.34. The average molecular weight is 323 g/mol. The van der Waals surface area contributed by atoms with Gasteiger partial charge in [0.2, 0.25) is 0 Å². The lowest BCUT2D eigenvalue weighted by atomic mass is 9.92. The molecule has 1 saturated heterocycles. The fourth-order valence-electron chi connectivity index (χ4n) is 2.64. The van der Waals surface area contributed by atoms with E-state index < -0.39 is 16.2 Å². The monoisotopic (exact) mass is 323 g/mol. The first-order valence-corrected chi connectivity index (χ1v) is 8.26. The van der Waals surface area contributed by atoms with E-state index in [-0.39, 0.29) is 29.2 Å². The molecule has 1 N–H and O–H groups in total. The predicted molar refractivity (Wildman–Crippen MR) is 71.7 cm³/mol. The van der Waals surface area contributed by atoms with Crippen molar-refractivity contribution in [2.24, 2.45) is 5.92 Å². The number of nitrogens with one attached hydrogen (secondary N) is 1. The van der Waals surface area contributed by atoms with E-state index in [0.717, 1.165) is 5.56 Å². The zero-order valence-electron chi connectivity index (χ0n) is 11.4. The molecule has 4 nitrogen and oxygen atoms in total. The van der Waals surface area contributed by atoms with Gasteiger partial charge >= 0.3 is 6.36 Å². The molecule has 2 atom stereocenters. The van der Waals surface area contributed by atoms with Crippen molar-refractivity contribution in [1.29, 1.82) is 0 Å². The largest absolute Gasteiger partial charge is 0.573 e. The molecule has 0 bridgehead atoms. The van der Waals surface area contributed by atoms with Gasteiger partial charge in [0.1, 0.15) is 5.75 Å². The molecule has 0 spiro atoms. The highest BCUT2D eigenvalue weighted by Crippen LogP contribution is 2.32. The molecule has 0 amide bonds. The Morgan fingerprint density at radius 1 is 1.29 bits per heavy atom. The Hall–Kier alpha value is -1.28. The maximum absolute atomic E-state index is 12.1. The van der Waals surface area contributed by atoms with Crippen LogP contribution in [-0.2, 0) is 9.84 Å². The smallest absolute Gasteiger partial charge is 0.406 e. The normalized spacial score (nSPS) is 23.0. The van der Waals surface area contributed by atoms with Crippen LogP contribution in [-0.4, -0.2) is 33.3 Å². The van der Waals surface area contributed by atoms with Gasteiger partial charge in [-0.25, -0.2) is 8.42 Å². The third-order valence-corrected chi connectivity index (χ3v) is 5.32. The molecular formula is C13H16F3NO3S. The summed E-state index contributed by atoms with van der Waals surface area (Å²) in [5.74, 6) is -0.112. The Morgan fingerprint density at radius 2 is 1.90 bits per heavy atom. The van der Waals surface area contributed by atoms with Crippen molar-refractivity contribution in [3.63, 3.8) is 0 Å². The van der Waals surface area contributed by atoms with Crippen molar-refractivity contribution in [1.82, 2.24) is 5.32 Å². The molecule has 0 aromatic heterocycles. The van der Waals surface area contributed by atoms with Gasteiger partial charge in [0.15, 0.2) is 9.84 Å². The van der Waals surface area contributed by atoms with Crippen molar-refractivity contribution in [2.45, 2.75) is 18.8 Å². The lowest BCUT2D eigenvalue weighted by Crippen LogP contribution is -2.26. The summed E-state index contributed by atoms with van der Waals surface area (Å²) < 4.78 is 63.2. The van der Waals surface area contributed by atoms with Gasteiger partial charge in [-0.1, -0.05) is 12.1 Å². The van der Waals surface area contributed by atoms with Crippen LogP contribution in [0, 0.1) is 5.92 Å². The Bertz CT molecular complexity index is 584. The highest BCUT2D eigenvalue weighted by Gasteiger charge is 2.34. The Kier molecular flexibility index (Phi) is 4.48. The first-order valence-electron chi connectivity index (χ1n) is 6.43. The average Bonchev–Trinajstić information content (AvgIpc) is 2.71. The molecule has 2 unspecified atom stereocenters. The van der Waals surface area contributed by atoms with E-state index in [1.165, 1.54) is 24.3 Å². The van der Waals surface area contributed by atoms with Crippen molar-refractivity contribution in [3.05, 3.63) is 29.8 Å². The van der Waals surface area contributed by atoms with E-state index in [1.54, 1.807) is 7.05 Å². The third-order valence-electron chi connectivity index (χ3n) is 3.52. The second-order valence-corrected chi connectivity index (χ2v) is 7.28. The topological polar surface area (TPSA) is 55.4 Å². The standard InChI is InChI=1S/C13H16F3NO3S/c1-17-12(10-6-7-21(18,19)8-10)9-2-4-11(5-3-9)20-13(14,15)16/h2-5,10,12,17H,6-8H2,1H3. The zero-order valence-corrected chi connectivity index (χ0v) is 12.2. The molecule has 8 heteroatoms. The van der Waals surface area contributed by atoms with Gasteiger partial charge in [0.25, 0.3) is 0 Å². The lowest BCUT2D eigenvalue weighted by molar-refractivity contribution is -0.274. The first kappa shape index (κ1) is 16.1. The Morgan fingerprint density at radius 3 is 2.33 bits per heavy atom.